The van der Waals surface area contributed by atoms with Crippen molar-refractivity contribution in [3.8, 4) is 0 Å². The average molecular weight is 365 g/mol. The van der Waals surface area contributed by atoms with Crippen molar-refractivity contribution < 1.29 is 4.79 Å². The number of nitrogens with zero attached hydrogens (tertiary/aromatic N) is 5. The van der Waals surface area contributed by atoms with Crippen LogP contribution in [0.4, 0.5) is 5.82 Å². The molecule has 0 aliphatic carbocycles. The van der Waals surface area contributed by atoms with Crippen LogP contribution in [0.1, 0.15) is 67.5 Å². The van der Waals surface area contributed by atoms with Crippen LogP contribution in [0.2, 0.25) is 0 Å². The van der Waals surface area contributed by atoms with E-state index in [0.717, 1.165) is 60.9 Å². The fourth-order valence-corrected chi connectivity index (χ4v) is 3.68. The van der Waals surface area contributed by atoms with Gasteiger partial charge in [0.15, 0.2) is 0 Å². The molecular weight excluding hydrogens is 338 g/mol. The standard InChI is InChI=1S/C21H27N5O/c1-21(2,3)20-23-12-16-13-26(14-17(16)24-20)18-11-15(7-8-22-18)19(27)25-9-5-4-6-10-25/h7-8,11-12H,4-6,9-10,13-14H2,1-3H3. The molecule has 4 rings (SSSR count). The van der Waals surface area contributed by atoms with Gasteiger partial charge in [-0.15, -0.1) is 0 Å². The molecule has 0 bridgehead atoms. The smallest absolute Gasteiger partial charge is 0.254 e. The average Bonchev–Trinajstić information content (AvgIpc) is 3.11. The van der Waals surface area contributed by atoms with E-state index in [-0.39, 0.29) is 11.3 Å². The second-order valence-electron chi connectivity index (χ2n) is 8.53. The Labute approximate surface area is 160 Å². The maximum Gasteiger partial charge on any atom is 0.254 e. The second kappa shape index (κ2) is 6.91. The molecule has 1 amide bonds. The van der Waals surface area contributed by atoms with Crippen LogP contribution in [0.5, 0.6) is 0 Å². The first-order valence-corrected chi connectivity index (χ1v) is 9.77. The molecule has 0 unspecified atom stereocenters. The zero-order valence-electron chi connectivity index (χ0n) is 16.4. The minimum Gasteiger partial charge on any atom is -0.346 e. The van der Waals surface area contributed by atoms with Gasteiger partial charge in [-0.3, -0.25) is 4.79 Å². The lowest BCUT2D eigenvalue weighted by molar-refractivity contribution is 0.0724. The van der Waals surface area contributed by atoms with Gasteiger partial charge in [0.05, 0.1) is 12.2 Å². The molecule has 6 nitrogen and oxygen atoms in total. The molecule has 1 saturated heterocycles. The number of aromatic nitrogens is 3. The lowest BCUT2D eigenvalue weighted by atomic mass is 9.95. The van der Waals surface area contributed by atoms with Crippen LogP contribution < -0.4 is 4.90 Å². The van der Waals surface area contributed by atoms with Crippen LogP contribution in [0, 0.1) is 0 Å². The predicted molar refractivity (Wildman–Crippen MR) is 105 cm³/mol. The number of likely N-dealkylation sites (tertiary alicyclic amines) is 1. The van der Waals surface area contributed by atoms with Gasteiger partial charge in [0.1, 0.15) is 11.6 Å². The van der Waals surface area contributed by atoms with Gasteiger partial charge in [-0.05, 0) is 31.4 Å². The van der Waals surface area contributed by atoms with Crippen molar-refractivity contribution in [1.29, 1.82) is 0 Å². The number of carbonyl (C=O) groups excluding carboxylic acids is 1. The van der Waals surface area contributed by atoms with Gasteiger partial charge >= 0.3 is 0 Å². The van der Waals surface area contributed by atoms with Crippen LogP contribution in [0.15, 0.2) is 24.5 Å². The molecule has 0 saturated carbocycles. The third-order valence-electron chi connectivity index (χ3n) is 5.29. The lowest BCUT2D eigenvalue weighted by Crippen LogP contribution is -2.35. The molecule has 0 aromatic carbocycles. The monoisotopic (exact) mass is 365 g/mol. The molecule has 0 spiro atoms. The molecule has 2 aliphatic heterocycles. The van der Waals surface area contributed by atoms with Crippen LogP contribution >= 0.6 is 0 Å². The van der Waals surface area contributed by atoms with E-state index in [1.165, 1.54) is 6.42 Å². The Morgan fingerprint density at radius 3 is 2.59 bits per heavy atom. The summed E-state index contributed by atoms with van der Waals surface area (Å²) in [4.78, 5) is 30.7. The van der Waals surface area contributed by atoms with Gasteiger partial charge in [-0.2, -0.15) is 0 Å². The van der Waals surface area contributed by atoms with E-state index < -0.39 is 0 Å². The zero-order valence-corrected chi connectivity index (χ0v) is 16.4. The SMILES string of the molecule is CC(C)(C)c1ncc2c(n1)CN(c1cc(C(=O)N3CCCCC3)ccn1)C2. The van der Waals surface area contributed by atoms with Crippen LogP contribution in [0.25, 0.3) is 0 Å². The fourth-order valence-electron chi connectivity index (χ4n) is 3.68. The van der Waals surface area contributed by atoms with E-state index in [1.54, 1.807) is 6.20 Å². The fraction of sp³-hybridized carbons (Fsp3) is 0.524. The van der Waals surface area contributed by atoms with E-state index in [0.29, 0.717) is 6.54 Å². The summed E-state index contributed by atoms with van der Waals surface area (Å²) in [5.41, 5.74) is 2.85. The van der Waals surface area contributed by atoms with E-state index in [4.69, 9.17) is 4.98 Å². The molecule has 2 aromatic rings. The molecule has 27 heavy (non-hydrogen) atoms. The summed E-state index contributed by atoms with van der Waals surface area (Å²) in [7, 11) is 0. The number of carbonyl (C=O) groups is 1. The Bertz CT molecular complexity index is 852. The van der Waals surface area contributed by atoms with Crippen molar-refractivity contribution in [2.45, 2.75) is 58.5 Å². The Hall–Kier alpha value is -2.50. The third-order valence-corrected chi connectivity index (χ3v) is 5.29. The molecule has 1 fully saturated rings. The number of rotatable bonds is 2. The van der Waals surface area contributed by atoms with Gasteiger partial charge in [0.2, 0.25) is 0 Å². The molecule has 142 valence electrons. The van der Waals surface area contributed by atoms with Crippen LogP contribution in [-0.4, -0.2) is 38.8 Å². The topological polar surface area (TPSA) is 62.2 Å². The van der Waals surface area contributed by atoms with E-state index >= 15 is 0 Å². The van der Waals surface area contributed by atoms with Crippen molar-refractivity contribution >= 4 is 11.7 Å². The highest BCUT2D eigenvalue weighted by atomic mass is 16.2. The van der Waals surface area contributed by atoms with Gasteiger partial charge in [0.25, 0.3) is 5.91 Å². The highest BCUT2D eigenvalue weighted by Crippen LogP contribution is 2.28. The van der Waals surface area contributed by atoms with Gasteiger partial charge in [-0.25, -0.2) is 15.0 Å². The number of hydrogen-bond acceptors (Lipinski definition) is 5. The maximum atomic E-state index is 12.8. The minimum atomic E-state index is -0.0680. The quantitative estimate of drug-likeness (QED) is 0.817. The number of piperidine rings is 1. The highest BCUT2D eigenvalue weighted by molar-refractivity contribution is 5.95. The number of pyridine rings is 1. The number of amides is 1. The summed E-state index contributed by atoms with van der Waals surface area (Å²) in [5, 5.41) is 0. The molecular formula is C21H27N5O. The Kier molecular flexibility index (Phi) is 4.58. The lowest BCUT2D eigenvalue weighted by Gasteiger charge is -2.27. The zero-order chi connectivity index (χ0) is 19.0. The van der Waals surface area contributed by atoms with E-state index in [2.05, 4.69) is 35.6 Å². The van der Waals surface area contributed by atoms with Gasteiger partial charge in [-0.1, -0.05) is 20.8 Å². The van der Waals surface area contributed by atoms with E-state index in [9.17, 15) is 4.79 Å². The van der Waals surface area contributed by atoms with Gasteiger partial charge in [0, 0.05) is 48.6 Å². The molecule has 0 radical (unpaired) electrons. The maximum absolute atomic E-state index is 12.8. The van der Waals surface area contributed by atoms with Crippen molar-refractivity contribution in [1.82, 2.24) is 19.9 Å². The van der Waals surface area contributed by atoms with Crippen LogP contribution in [-0.2, 0) is 18.5 Å². The molecule has 2 aromatic heterocycles. The normalized spacial score (nSPS) is 17.1. The summed E-state index contributed by atoms with van der Waals surface area (Å²) in [6.07, 6.45) is 7.09. The minimum absolute atomic E-state index is 0.0680. The number of fused-ring (bicyclic) bond motifs is 1. The Morgan fingerprint density at radius 2 is 1.85 bits per heavy atom. The first kappa shape index (κ1) is 17.9. The summed E-state index contributed by atoms with van der Waals surface area (Å²) >= 11 is 0. The molecule has 4 heterocycles. The molecule has 0 N–H and O–H groups in total. The molecule has 2 aliphatic rings. The Morgan fingerprint density at radius 1 is 1.07 bits per heavy atom. The number of anilines is 1. The predicted octanol–water partition coefficient (Wildman–Crippen LogP) is 3.32. The van der Waals surface area contributed by atoms with E-state index in [1.807, 2.05) is 23.2 Å². The molecule has 6 heteroatoms. The summed E-state index contributed by atoms with van der Waals surface area (Å²) < 4.78 is 0. The van der Waals surface area contributed by atoms with Crippen LogP contribution in [0.3, 0.4) is 0 Å². The van der Waals surface area contributed by atoms with Crippen molar-refractivity contribution in [2.75, 3.05) is 18.0 Å². The van der Waals surface area contributed by atoms with Gasteiger partial charge < -0.3 is 9.80 Å². The largest absolute Gasteiger partial charge is 0.346 e. The van der Waals surface area contributed by atoms with Crippen molar-refractivity contribution in [3.63, 3.8) is 0 Å². The third kappa shape index (κ3) is 3.66. The molecule has 0 atom stereocenters. The second-order valence-corrected chi connectivity index (χ2v) is 8.53. The first-order valence-electron chi connectivity index (χ1n) is 9.77. The summed E-state index contributed by atoms with van der Waals surface area (Å²) in [6.45, 7) is 9.52. The first-order chi connectivity index (χ1) is 12.9. The number of hydrogen-bond donors (Lipinski definition) is 0. The Balaban J connectivity index is 1.53. The van der Waals surface area contributed by atoms with Crippen molar-refractivity contribution in [2.24, 2.45) is 0 Å². The summed E-state index contributed by atoms with van der Waals surface area (Å²) in [6, 6.07) is 3.74. The summed E-state index contributed by atoms with van der Waals surface area (Å²) in [5.74, 6) is 1.81. The van der Waals surface area contributed by atoms with Crippen molar-refractivity contribution in [3.05, 3.63) is 47.2 Å². The highest BCUT2D eigenvalue weighted by Gasteiger charge is 2.26.